The fourth-order valence-corrected chi connectivity index (χ4v) is 4.69. The van der Waals surface area contributed by atoms with Crippen LogP contribution in [0.4, 0.5) is 0 Å². The van der Waals surface area contributed by atoms with Crippen molar-refractivity contribution in [2.75, 3.05) is 0 Å². The molecule has 5 atom stereocenters. The highest BCUT2D eigenvalue weighted by atomic mass is 14.6. The maximum absolute atomic E-state index is 6.02. The molecule has 2 N–H and O–H groups in total. The van der Waals surface area contributed by atoms with Gasteiger partial charge in [-0.15, -0.1) is 0 Å². The van der Waals surface area contributed by atoms with Crippen LogP contribution in [0.5, 0.6) is 0 Å². The monoisotopic (exact) mass is 309 g/mol. The molecule has 0 aliphatic heterocycles. The summed E-state index contributed by atoms with van der Waals surface area (Å²) in [5.41, 5.74) is 6.02. The summed E-state index contributed by atoms with van der Waals surface area (Å²) in [6.45, 7) is 11.9. The molecule has 1 fully saturated rings. The van der Waals surface area contributed by atoms with E-state index in [9.17, 15) is 0 Å². The fraction of sp³-hybridized carbons (Fsp3) is 1.00. The first-order valence-corrected chi connectivity index (χ1v) is 10.2. The molecule has 1 aliphatic rings. The zero-order valence-corrected chi connectivity index (χ0v) is 16.1. The molecule has 0 aromatic rings. The highest BCUT2D eigenvalue weighted by molar-refractivity contribution is 4.80. The zero-order chi connectivity index (χ0) is 16.5. The van der Waals surface area contributed by atoms with Crippen molar-refractivity contribution >= 4 is 0 Å². The first-order chi connectivity index (χ1) is 10.4. The lowest BCUT2D eigenvalue weighted by molar-refractivity contribution is 0.252. The second-order valence-corrected chi connectivity index (χ2v) is 8.86. The molecule has 0 radical (unpaired) electrons. The van der Waals surface area contributed by atoms with Crippen LogP contribution in [0.3, 0.4) is 0 Å². The lowest BCUT2D eigenvalue weighted by atomic mass is 9.80. The van der Waals surface area contributed by atoms with Crippen molar-refractivity contribution in [3.05, 3.63) is 0 Å². The Balaban J connectivity index is 2.22. The summed E-state index contributed by atoms with van der Waals surface area (Å²) in [4.78, 5) is 0. The van der Waals surface area contributed by atoms with Crippen molar-refractivity contribution in [1.29, 1.82) is 0 Å². The number of rotatable bonds is 11. The number of hydrogen-bond donors (Lipinski definition) is 1. The minimum atomic E-state index is 0.430. The minimum absolute atomic E-state index is 0.430. The second-order valence-electron chi connectivity index (χ2n) is 8.86. The molecular weight excluding hydrogens is 266 g/mol. The van der Waals surface area contributed by atoms with Crippen LogP contribution in [0.1, 0.15) is 98.8 Å². The standard InChI is InChI=1S/C21H43N/c1-6-21(22)12-7-9-17(4)14-18(5)15-20-11-8-10-19(20)13-16(2)3/h16-21H,6-15,22H2,1-5H3. The summed E-state index contributed by atoms with van der Waals surface area (Å²) in [7, 11) is 0. The van der Waals surface area contributed by atoms with E-state index in [2.05, 4.69) is 34.6 Å². The van der Waals surface area contributed by atoms with Crippen LogP contribution in [0.15, 0.2) is 0 Å². The quantitative estimate of drug-likeness (QED) is 0.469. The molecule has 0 bridgehead atoms. The van der Waals surface area contributed by atoms with Crippen molar-refractivity contribution in [3.8, 4) is 0 Å². The normalized spacial score (nSPS) is 26.3. The van der Waals surface area contributed by atoms with Crippen LogP contribution >= 0.6 is 0 Å². The van der Waals surface area contributed by atoms with E-state index >= 15 is 0 Å². The molecule has 1 rings (SSSR count). The zero-order valence-electron chi connectivity index (χ0n) is 16.1. The third-order valence-electron chi connectivity index (χ3n) is 5.90. The maximum Gasteiger partial charge on any atom is 0.00362 e. The van der Waals surface area contributed by atoms with Gasteiger partial charge in [-0.3, -0.25) is 0 Å². The lowest BCUT2D eigenvalue weighted by Gasteiger charge is -2.26. The van der Waals surface area contributed by atoms with Crippen LogP contribution in [-0.4, -0.2) is 6.04 Å². The van der Waals surface area contributed by atoms with Gasteiger partial charge in [-0.25, -0.2) is 0 Å². The highest BCUT2D eigenvalue weighted by Gasteiger charge is 2.29. The lowest BCUT2D eigenvalue weighted by Crippen LogP contribution is -2.18. The Morgan fingerprint density at radius 1 is 0.909 bits per heavy atom. The molecule has 1 heteroatoms. The Hall–Kier alpha value is -0.0400. The summed E-state index contributed by atoms with van der Waals surface area (Å²) in [5.74, 6) is 4.72. The Morgan fingerprint density at radius 3 is 2.14 bits per heavy atom. The molecule has 0 aromatic heterocycles. The maximum atomic E-state index is 6.02. The van der Waals surface area contributed by atoms with Crippen molar-refractivity contribution in [2.24, 2.45) is 35.3 Å². The van der Waals surface area contributed by atoms with E-state index in [1.165, 1.54) is 57.8 Å². The average Bonchev–Trinajstić information content (AvgIpc) is 2.84. The van der Waals surface area contributed by atoms with Crippen molar-refractivity contribution in [1.82, 2.24) is 0 Å². The SMILES string of the molecule is CCC(N)CCCC(C)CC(C)CC1CCCC1CC(C)C. The summed E-state index contributed by atoms with van der Waals surface area (Å²) >= 11 is 0. The van der Waals surface area contributed by atoms with E-state index in [0.717, 1.165) is 36.0 Å². The van der Waals surface area contributed by atoms with Gasteiger partial charge in [-0.05, 0) is 61.7 Å². The summed E-state index contributed by atoms with van der Waals surface area (Å²) in [6, 6.07) is 0.430. The summed E-state index contributed by atoms with van der Waals surface area (Å²) in [5, 5.41) is 0. The molecule has 132 valence electrons. The first-order valence-electron chi connectivity index (χ1n) is 10.2. The predicted molar refractivity (Wildman–Crippen MR) is 100.0 cm³/mol. The van der Waals surface area contributed by atoms with E-state index in [0.29, 0.717) is 6.04 Å². The van der Waals surface area contributed by atoms with Gasteiger partial charge in [0.25, 0.3) is 0 Å². The van der Waals surface area contributed by atoms with E-state index < -0.39 is 0 Å². The molecule has 1 saturated carbocycles. The third-order valence-corrected chi connectivity index (χ3v) is 5.90. The van der Waals surface area contributed by atoms with Gasteiger partial charge in [-0.1, -0.05) is 66.7 Å². The molecule has 0 saturated heterocycles. The number of hydrogen-bond acceptors (Lipinski definition) is 1. The van der Waals surface area contributed by atoms with E-state index in [4.69, 9.17) is 5.73 Å². The molecule has 1 nitrogen and oxygen atoms in total. The van der Waals surface area contributed by atoms with Gasteiger partial charge >= 0.3 is 0 Å². The Bertz CT molecular complexity index is 273. The molecule has 0 heterocycles. The first kappa shape index (κ1) is 20.0. The molecule has 0 amide bonds. The second kappa shape index (κ2) is 10.7. The van der Waals surface area contributed by atoms with Crippen molar-refractivity contribution in [2.45, 2.75) is 105 Å². The Morgan fingerprint density at radius 2 is 1.55 bits per heavy atom. The van der Waals surface area contributed by atoms with Gasteiger partial charge in [0, 0.05) is 6.04 Å². The molecule has 0 aromatic carbocycles. The molecule has 1 aliphatic carbocycles. The van der Waals surface area contributed by atoms with Crippen LogP contribution < -0.4 is 5.73 Å². The average molecular weight is 310 g/mol. The summed E-state index contributed by atoms with van der Waals surface area (Å²) in [6.07, 6.45) is 13.9. The van der Waals surface area contributed by atoms with Gasteiger partial charge in [0.05, 0.1) is 0 Å². The van der Waals surface area contributed by atoms with E-state index in [-0.39, 0.29) is 0 Å². The van der Waals surface area contributed by atoms with Gasteiger partial charge < -0.3 is 5.73 Å². The number of nitrogens with two attached hydrogens (primary N) is 1. The molecular formula is C21H43N. The van der Waals surface area contributed by atoms with Gasteiger partial charge in [0.15, 0.2) is 0 Å². The molecule has 5 unspecified atom stereocenters. The topological polar surface area (TPSA) is 26.0 Å². The van der Waals surface area contributed by atoms with Gasteiger partial charge in [0.2, 0.25) is 0 Å². The van der Waals surface area contributed by atoms with Crippen LogP contribution in [-0.2, 0) is 0 Å². The van der Waals surface area contributed by atoms with Crippen LogP contribution in [0, 0.1) is 29.6 Å². The highest BCUT2D eigenvalue weighted by Crippen LogP contribution is 2.40. The van der Waals surface area contributed by atoms with Crippen LogP contribution in [0.25, 0.3) is 0 Å². The summed E-state index contributed by atoms with van der Waals surface area (Å²) < 4.78 is 0. The van der Waals surface area contributed by atoms with Gasteiger partial charge in [-0.2, -0.15) is 0 Å². The largest absolute Gasteiger partial charge is 0.328 e. The fourth-order valence-electron chi connectivity index (χ4n) is 4.69. The Labute approximate surface area is 140 Å². The van der Waals surface area contributed by atoms with Crippen molar-refractivity contribution < 1.29 is 0 Å². The third kappa shape index (κ3) is 7.99. The predicted octanol–water partition coefficient (Wildman–Crippen LogP) is 6.41. The molecule has 0 spiro atoms. The van der Waals surface area contributed by atoms with Crippen LogP contribution in [0.2, 0.25) is 0 Å². The molecule has 22 heavy (non-hydrogen) atoms. The van der Waals surface area contributed by atoms with Gasteiger partial charge in [0.1, 0.15) is 0 Å². The van der Waals surface area contributed by atoms with E-state index in [1.54, 1.807) is 0 Å². The van der Waals surface area contributed by atoms with E-state index in [1.807, 2.05) is 0 Å². The Kier molecular flexibility index (Phi) is 9.71. The minimum Gasteiger partial charge on any atom is -0.328 e. The van der Waals surface area contributed by atoms with Crippen molar-refractivity contribution in [3.63, 3.8) is 0 Å². The smallest absolute Gasteiger partial charge is 0.00362 e.